The molecule has 0 atom stereocenters. The topological polar surface area (TPSA) is 43.9 Å². The van der Waals surface area contributed by atoms with Gasteiger partial charge in [-0.1, -0.05) is 12.1 Å². The van der Waals surface area contributed by atoms with Crippen LogP contribution in [-0.2, 0) is 9.59 Å². The molecule has 0 radical (unpaired) electrons. The molecule has 1 heterocycles. The molecule has 2 aromatic rings. The van der Waals surface area contributed by atoms with Crippen molar-refractivity contribution in [2.24, 2.45) is 0 Å². The first-order chi connectivity index (χ1) is 13.0. The number of anilines is 2. The van der Waals surface area contributed by atoms with Crippen LogP contribution in [0.5, 0.6) is 0 Å². The molecule has 142 valence electrons. The summed E-state index contributed by atoms with van der Waals surface area (Å²) in [4.78, 5) is 29.4. The van der Waals surface area contributed by atoms with E-state index in [1.807, 2.05) is 0 Å². The van der Waals surface area contributed by atoms with Crippen molar-refractivity contribution in [1.82, 2.24) is 4.90 Å². The van der Waals surface area contributed by atoms with E-state index in [1.165, 1.54) is 37.3 Å². The van der Waals surface area contributed by atoms with Gasteiger partial charge in [-0.15, -0.1) is 0 Å². The molecule has 27 heavy (non-hydrogen) atoms. The minimum atomic E-state index is -0.540. The lowest BCUT2D eigenvalue weighted by molar-refractivity contribution is -0.131. The van der Waals surface area contributed by atoms with Crippen LogP contribution >= 0.6 is 0 Å². The fourth-order valence-corrected chi connectivity index (χ4v) is 3.14. The highest BCUT2D eigenvalue weighted by Crippen LogP contribution is 2.20. The Bertz CT molecular complexity index is 818. The van der Waals surface area contributed by atoms with Crippen LogP contribution in [0.3, 0.4) is 0 Å². The van der Waals surface area contributed by atoms with Gasteiger partial charge in [-0.2, -0.15) is 0 Å². The average Bonchev–Trinajstić information content (AvgIpc) is 2.67. The number of para-hydroxylation sites is 1. The van der Waals surface area contributed by atoms with Crippen LogP contribution in [0.1, 0.15) is 6.92 Å². The highest BCUT2D eigenvalue weighted by atomic mass is 19.1. The lowest BCUT2D eigenvalue weighted by atomic mass is 10.2. The van der Waals surface area contributed by atoms with Crippen LogP contribution in [-0.4, -0.2) is 49.4 Å². The SMILES string of the molecule is CC(=O)N(CC(=O)N1CCN(c2ccc(F)cc2)CC1)c1ccccc1F. The third-order valence-corrected chi connectivity index (χ3v) is 4.64. The minimum absolute atomic E-state index is 0.100. The Kier molecular flexibility index (Phi) is 5.69. The van der Waals surface area contributed by atoms with Crippen molar-refractivity contribution < 1.29 is 18.4 Å². The molecule has 5 nitrogen and oxygen atoms in total. The fraction of sp³-hybridized carbons (Fsp3) is 0.300. The Morgan fingerprint density at radius 2 is 1.59 bits per heavy atom. The van der Waals surface area contributed by atoms with Gasteiger partial charge >= 0.3 is 0 Å². The summed E-state index contributed by atoms with van der Waals surface area (Å²) in [5.74, 6) is -1.45. The quantitative estimate of drug-likeness (QED) is 0.828. The summed E-state index contributed by atoms with van der Waals surface area (Å²) < 4.78 is 27.1. The normalized spacial score (nSPS) is 14.2. The summed E-state index contributed by atoms with van der Waals surface area (Å²) in [6.45, 7) is 3.30. The number of benzene rings is 2. The van der Waals surface area contributed by atoms with E-state index >= 15 is 0 Å². The van der Waals surface area contributed by atoms with E-state index in [1.54, 1.807) is 23.1 Å². The smallest absolute Gasteiger partial charge is 0.242 e. The van der Waals surface area contributed by atoms with E-state index in [-0.39, 0.29) is 24.0 Å². The van der Waals surface area contributed by atoms with E-state index in [9.17, 15) is 18.4 Å². The fourth-order valence-electron chi connectivity index (χ4n) is 3.14. The number of hydrogen-bond acceptors (Lipinski definition) is 3. The molecule has 1 saturated heterocycles. The number of carbonyl (C=O) groups is 2. The number of carbonyl (C=O) groups excluding carboxylic acids is 2. The average molecular weight is 373 g/mol. The molecule has 1 aliphatic heterocycles. The van der Waals surface area contributed by atoms with E-state index in [0.717, 1.165) is 10.6 Å². The summed E-state index contributed by atoms with van der Waals surface area (Å²) in [6.07, 6.45) is 0. The van der Waals surface area contributed by atoms with Crippen molar-refractivity contribution in [1.29, 1.82) is 0 Å². The number of piperazine rings is 1. The maximum atomic E-state index is 14.0. The predicted molar refractivity (Wildman–Crippen MR) is 99.6 cm³/mol. The summed E-state index contributed by atoms with van der Waals surface area (Å²) >= 11 is 0. The van der Waals surface area contributed by atoms with Gasteiger partial charge < -0.3 is 14.7 Å². The summed E-state index contributed by atoms with van der Waals surface area (Å²) in [7, 11) is 0. The minimum Gasteiger partial charge on any atom is -0.368 e. The molecular weight excluding hydrogens is 352 g/mol. The molecule has 0 N–H and O–H groups in total. The second-order valence-corrected chi connectivity index (χ2v) is 6.40. The van der Waals surface area contributed by atoms with Gasteiger partial charge in [0.05, 0.1) is 5.69 Å². The van der Waals surface area contributed by atoms with Gasteiger partial charge in [0.25, 0.3) is 0 Å². The Morgan fingerprint density at radius 1 is 0.963 bits per heavy atom. The molecule has 1 fully saturated rings. The van der Waals surface area contributed by atoms with Crippen LogP contribution in [0.2, 0.25) is 0 Å². The Hall–Kier alpha value is -2.96. The maximum absolute atomic E-state index is 14.0. The van der Waals surface area contributed by atoms with Crippen molar-refractivity contribution in [3.8, 4) is 0 Å². The number of hydrogen-bond donors (Lipinski definition) is 0. The van der Waals surface area contributed by atoms with Gasteiger partial charge in [-0.05, 0) is 36.4 Å². The molecule has 1 aliphatic rings. The van der Waals surface area contributed by atoms with Crippen LogP contribution in [0, 0.1) is 11.6 Å². The van der Waals surface area contributed by atoms with Crippen LogP contribution < -0.4 is 9.80 Å². The summed E-state index contributed by atoms with van der Waals surface area (Å²) in [6, 6.07) is 12.1. The molecule has 7 heteroatoms. The van der Waals surface area contributed by atoms with Crippen LogP contribution in [0.15, 0.2) is 48.5 Å². The third kappa shape index (κ3) is 4.42. The zero-order valence-electron chi connectivity index (χ0n) is 15.1. The molecular formula is C20H21F2N3O2. The lowest BCUT2D eigenvalue weighted by Gasteiger charge is -2.37. The van der Waals surface area contributed by atoms with Crippen molar-refractivity contribution >= 4 is 23.2 Å². The molecule has 0 aliphatic carbocycles. The van der Waals surface area contributed by atoms with Crippen LogP contribution in [0.25, 0.3) is 0 Å². The first-order valence-corrected chi connectivity index (χ1v) is 8.76. The van der Waals surface area contributed by atoms with Crippen molar-refractivity contribution in [3.63, 3.8) is 0 Å². The van der Waals surface area contributed by atoms with E-state index in [2.05, 4.69) is 4.90 Å². The van der Waals surface area contributed by atoms with Gasteiger partial charge in [0.2, 0.25) is 11.8 Å². The van der Waals surface area contributed by atoms with Gasteiger partial charge in [0, 0.05) is 38.8 Å². The van der Waals surface area contributed by atoms with E-state index in [0.29, 0.717) is 26.2 Å². The maximum Gasteiger partial charge on any atom is 0.242 e. The Morgan fingerprint density at radius 3 is 2.19 bits per heavy atom. The molecule has 0 saturated carbocycles. The number of rotatable bonds is 4. The third-order valence-electron chi connectivity index (χ3n) is 4.64. The first kappa shape index (κ1) is 18.8. The summed E-state index contributed by atoms with van der Waals surface area (Å²) in [5, 5.41) is 0. The Labute approximate surface area is 156 Å². The van der Waals surface area contributed by atoms with Crippen molar-refractivity contribution in [2.45, 2.75) is 6.92 Å². The number of nitrogens with zero attached hydrogens (tertiary/aromatic N) is 3. The molecule has 2 aromatic carbocycles. The molecule has 3 rings (SSSR count). The predicted octanol–water partition coefficient (Wildman–Crippen LogP) is 2.67. The van der Waals surface area contributed by atoms with E-state index in [4.69, 9.17) is 0 Å². The Balaban J connectivity index is 1.62. The zero-order valence-corrected chi connectivity index (χ0v) is 15.1. The second kappa shape index (κ2) is 8.16. The highest BCUT2D eigenvalue weighted by Gasteiger charge is 2.25. The molecule has 0 aromatic heterocycles. The monoisotopic (exact) mass is 373 g/mol. The van der Waals surface area contributed by atoms with Gasteiger partial charge in [-0.3, -0.25) is 9.59 Å². The molecule has 0 unspecified atom stereocenters. The standard InChI is InChI=1S/C20H21F2N3O2/c1-15(26)25(19-5-3-2-4-18(19)22)14-20(27)24-12-10-23(11-13-24)17-8-6-16(21)7-9-17/h2-9H,10-14H2,1H3. The highest BCUT2D eigenvalue weighted by molar-refractivity contribution is 5.97. The second-order valence-electron chi connectivity index (χ2n) is 6.40. The van der Waals surface area contributed by atoms with E-state index < -0.39 is 11.7 Å². The summed E-state index contributed by atoms with van der Waals surface area (Å²) in [5.41, 5.74) is 1.00. The van der Waals surface area contributed by atoms with Gasteiger partial charge in [-0.25, -0.2) is 8.78 Å². The van der Waals surface area contributed by atoms with Crippen molar-refractivity contribution in [2.75, 3.05) is 42.5 Å². The zero-order chi connectivity index (χ0) is 19.4. The molecule has 0 spiro atoms. The first-order valence-electron chi connectivity index (χ1n) is 8.76. The molecule has 2 amide bonds. The van der Waals surface area contributed by atoms with Crippen molar-refractivity contribution in [3.05, 3.63) is 60.2 Å². The molecule has 0 bridgehead atoms. The van der Waals surface area contributed by atoms with Gasteiger partial charge in [0.15, 0.2) is 0 Å². The number of halogens is 2. The largest absolute Gasteiger partial charge is 0.368 e. The van der Waals surface area contributed by atoms with Gasteiger partial charge in [0.1, 0.15) is 18.2 Å². The van der Waals surface area contributed by atoms with Crippen LogP contribution in [0.4, 0.5) is 20.2 Å². The lowest BCUT2D eigenvalue weighted by Crippen LogP contribution is -2.52. The number of amides is 2.